The van der Waals surface area contributed by atoms with E-state index >= 15 is 0 Å². The molecule has 0 unspecified atom stereocenters. The fourth-order valence-electron chi connectivity index (χ4n) is 1.92. The lowest BCUT2D eigenvalue weighted by Gasteiger charge is -2.15. The fraction of sp³-hybridized carbons (Fsp3) is 0.357. The molecule has 2 rings (SSSR count). The van der Waals surface area contributed by atoms with Crippen LogP contribution >= 0.6 is 35.0 Å². The van der Waals surface area contributed by atoms with E-state index in [2.05, 4.69) is 15.5 Å². The molecule has 1 atom stereocenters. The van der Waals surface area contributed by atoms with E-state index in [0.29, 0.717) is 10.0 Å². The van der Waals surface area contributed by atoms with Crippen molar-refractivity contribution in [2.24, 2.45) is 0 Å². The molecule has 0 aliphatic heterocycles. The number of benzene rings is 1. The second-order valence-corrected chi connectivity index (χ2v) is 6.43. The van der Waals surface area contributed by atoms with Crippen molar-refractivity contribution in [1.82, 2.24) is 20.1 Å². The van der Waals surface area contributed by atoms with E-state index in [-0.39, 0.29) is 17.7 Å². The maximum absolute atomic E-state index is 12.0. The van der Waals surface area contributed by atoms with Gasteiger partial charge in [-0.05, 0) is 31.5 Å². The molecule has 1 aromatic carbocycles. The summed E-state index contributed by atoms with van der Waals surface area (Å²) in [6.07, 6.45) is 1.65. The molecule has 0 fully saturated rings. The minimum atomic E-state index is -0.193. The Hall–Kier alpha value is -1.24. The second-order valence-electron chi connectivity index (χ2n) is 4.64. The minimum Gasteiger partial charge on any atom is -0.349 e. The van der Waals surface area contributed by atoms with Crippen LogP contribution in [0.1, 0.15) is 25.5 Å². The van der Waals surface area contributed by atoms with Gasteiger partial charge in [0.2, 0.25) is 5.91 Å². The van der Waals surface area contributed by atoms with E-state index in [0.717, 1.165) is 17.3 Å². The topological polar surface area (TPSA) is 59.8 Å². The fourth-order valence-corrected chi connectivity index (χ4v) is 3.28. The van der Waals surface area contributed by atoms with Crippen molar-refractivity contribution in [3.63, 3.8) is 0 Å². The molecule has 8 heteroatoms. The van der Waals surface area contributed by atoms with E-state index < -0.39 is 0 Å². The third-order valence-electron chi connectivity index (χ3n) is 3.06. The molecule has 5 nitrogen and oxygen atoms in total. The molecule has 118 valence electrons. The normalized spacial score (nSPS) is 12.2. The van der Waals surface area contributed by atoms with Crippen LogP contribution in [0.3, 0.4) is 0 Å². The van der Waals surface area contributed by atoms with Gasteiger partial charge in [0.05, 0.1) is 11.8 Å². The summed E-state index contributed by atoms with van der Waals surface area (Å²) in [6, 6.07) is 5.04. The molecule has 1 aromatic heterocycles. The molecule has 0 aliphatic carbocycles. The van der Waals surface area contributed by atoms with Crippen molar-refractivity contribution in [3.05, 3.63) is 40.1 Å². The summed E-state index contributed by atoms with van der Waals surface area (Å²) >= 11 is 13.4. The van der Waals surface area contributed by atoms with Gasteiger partial charge >= 0.3 is 0 Å². The number of hydrogen-bond donors (Lipinski definition) is 1. The Bertz CT molecular complexity index is 662. The number of hydrogen-bond acceptors (Lipinski definition) is 4. The maximum atomic E-state index is 12.0. The first kappa shape index (κ1) is 17.1. The molecule has 0 saturated heterocycles. The van der Waals surface area contributed by atoms with E-state index in [1.807, 2.05) is 24.5 Å². The highest BCUT2D eigenvalue weighted by molar-refractivity contribution is 7.99. The van der Waals surface area contributed by atoms with Crippen molar-refractivity contribution < 1.29 is 4.79 Å². The van der Waals surface area contributed by atoms with Crippen LogP contribution in [0.15, 0.2) is 29.7 Å². The molecule has 0 spiro atoms. The Kier molecular flexibility index (Phi) is 6.11. The van der Waals surface area contributed by atoms with Crippen LogP contribution in [0.5, 0.6) is 0 Å². The van der Waals surface area contributed by atoms with Gasteiger partial charge in [-0.3, -0.25) is 4.79 Å². The average molecular weight is 359 g/mol. The number of halogens is 2. The Morgan fingerprint density at radius 1 is 1.45 bits per heavy atom. The second kappa shape index (κ2) is 7.85. The number of thioether (sulfide) groups is 1. The van der Waals surface area contributed by atoms with Crippen LogP contribution < -0.4 is 5.32 Å². The molecule has 22 heavy (non-hydrogen) atoms. The lowest BCUT2D eigenvalue weighted by molar-refractivity contribution is -0.119. The number of rotatable bonds is 6. The number of carbonyl (C=O) groups is 1. The molecule has 1 N–H and O–H groups in total. The summed E-state index contributed by atoms with van der Waals surface area (Å²) in [5, 5.41) is 12.6. The number of aromatic nitrogens is 3. The van der Waals surface area contributed by atoms with Gasteiger partial charge in [-0.25, -0.2) is 0 Å². The molecule has 0 saturated carbocycles. The van der Waals surface area contributed by atoms with Gasteiger partial charge in [0.1, 0.15) is 6.33 Å². The number of aryl methyl sites for hydroxylation is 1. The minimum absolute atomic E-state index is 0.0887. The summed E-state index contributed by atoms with van der Waals surface area (Å²) < 4.78 is 1.89. The van der Waals surface area contributed by atoms with E-state index in [1.54, 1.807) is 18.5 Å². The van der Waals surface area contributed by atoms with Crippen LogP contribution in [0.2, 0.25) is 10.0 Å². The smallest absolute Gasteiger partial charge is 0.230 e. The highest BCUT2D eigenvalue weighted by Crippen LogP contribution is 2.26. The Morgan fingerprint density at radius 2 is 2.23 bits per heavy atom. The highest BCUT2D eigenvalue weighted by Gasteiger charge is 2.14. The van der Waals surface area contributed by atoms with Gasteiger partial charge in [-0.15, -0.1) is 10.2 Å². The highest BCUT2D eigenvalue weighted by atomic mass is 35.5. The van der Waals surface area contributed by atoms with Crippen molar-refractivity contribution in [3.8, 4) is 0 Å². The average Bonchev–Trinajstić information content (AvgIpc) is 2.92. The molecule has 0 radical (unpaired) electrons. The van der Waals surface area contributed by atoms with E-state index in [9.17, 15) is 4.79 Å². The SMILES string of the molecule is CCn1cnnc1SCC(=O)N[C@@H](C)c1ccc(Cl)cc1Cl. The zero-order valence-corrected chi connectivity index (χ0v) is 14.5. The van der Waals surface area contributed by atoms with E-state index in [1.165, 1.54) is 11.8 Å². The quantitative estimate of drug-likeness (QED) is 0.801. The molecular weight excluding hydrogens is 343 g/mol. The first-order chi connectivity index (χ1) is 10.5. The van der Waals surface area contributed by atoms with E-state index in [4.69, 9.17) is 23.2 Å². The van der Waals surface area contributed by atoms with Crippen molar-refractivity contribution in [2.45, 2.75) is 31.6 Å². The van der Waals surface area contributed by atoms with Crippen molar-refractivity contribution in [1.29, 1.82) is 0 Å². The predicted octanol–water partition coefficient (Wildman–Crippen LogP) is 3.57. The van der Waals surface area contributed by atoms with Crippen molar-refractivity contribution >= 4 is 40.9 Å². The van der Waals surface area contributed by atoms with Crippen molar-refractivity contribution in [2.75, 3.05) is 5.75 Å². The largest absolute Gasteiger partial charge is 0.349 e. The first-order valence-electron chi connectivity index (χ1n) is 6.76. The summed E-state index contributed by atoms with van der Waals surface area (Å²) in [5.41, 5.74) is 0.834. The van der Waals surface area contributed by atoms with Gasteiger partial charge < -0.3 is 9.88 Å². The standard InChI is InChI=1S/C14H16Cl2N4OS/c1-3-20-8-17-19-14(20)22-7-13(21)18-9(2)11-5-4-10(15)6-12(11)16/h4-6,8-9H,3,7H2,1-2H3,(H,18,21)/t9-/m0/s1. The van der Waals surface area contributed by atoms with Crippen LogP contribution in [0.25, 0.3) is 0 Å². The predicted molar refractivity (Wildman–Crippen MR) is 89.4 cm³/mol. The number of nitrogens with zero attached hydrogens (tertiary/aromatic N) is 3. The zero-order valence-electron chi connectivity index (χ0n) is 12.2. The molecule has 0 aliphatic rings. The van der Waals surface area contributed by atoms with Gasteiger partial charge in [-0.1, -0.05) is 41.0 Å². The molecular formula is C14H16Cl2N4OS. The summed E-state index contributed by atoms with van der Waals surface area (Å²) in [5.74, 6) is 0.183. The molecule has 1 amide bonds. The molecule has 2 aromatic rings. The summed E-state index contributed by atoms with van der Waals surface area (Å²) in [4.78, 5) is 12.0. The Balaban J connectivity index is 1.91. The van der Waals surface area contributed by atoms with Crippen LogP contribution in [-0.4, -0.2) is 26.4 Å². The summed E-state index contributed by atoms with van der Waals surface area (Å²) in [7, 11) is 0. The number of nitrogens with one attached hydrogen (secondary N) is 1. The number of carbonyl (C=O) groups excluding carboxylic acids is 1. The van der Waals surface area contributed by atoms with Gasteiger partial charge in [-0.2, -0.15) is 0 Å². The lowest BCUT2D eigenvalue weighted by Crippen LogP contribution is -2.28. The van der Waals surface area contributed by atoms with Crippen LogP contribution in [-0.2, 0) is 11.3 Å². The van der Waals surface area contributed by atoms with Gasteiger partial charge in [0.25, 0.3) is 0 Å². The Morgan fingerprint density at radius 3 is 2.91 bits per heavy atom. The van der Waals surface area contributed by atoms with Crippen LogP contribution in [0, 0.1) is 0 Å². The zero-order chi connectivity index (χ0) is 16.1. The maximum Gasteiger partial charge on any atom is 0.230 e. The van der Waals surface area contributed by atoms with Gasteiger partial charge in [0, 0.05) is 16.6 Å². The van der Waals surface area contributed by atoms with Crippen LogP contribution in [0.4, 0.5) is 0 Å². The summed E-state index contributed by atoms with van der Waals surface area (Å²) in [6.45, 7) is 4.65. The number of amides is 1. The molecule has 0 bridgehead atoms. The van der Waals surface area contributed by atoms with Gasteiger partial charge in [0.15, 0.2) is 5.16 Å². The first-order valence-corrected chi connectivity index (χ1v) is 8.50. The monoisotopic (exact) mass is 358 g/mol. The lowest BCUT2D eigenvalue weighted by atomic mass is 10.1. The molecule has 1 heterocycles. The third kappa shape index (κ3) is 4.38. The third-order valence-corrected chi connectivity index (χ3v) is 4.60. The Labute approximate surface area is 143 Å².